The van der Waals surface area contributed by atoms with Gasteiger partial charge in [0.2, 0.25) is 0 Å². The molecule has 17 heavy (non-hydrogen) atoms. The van der Waals surface area contributed by atoms with Crippen molar-refractivity contribution in [1.29, 1.82) is 0 Å². The zero-order chi connectivity index (χ0) is 13.1. The Labute approximate surface area is 103 Å². The molecule has 0 bridgehead atoms. The molecule has 0 aromatic rings. The Bertz CT molecular complexity index is 290. The summed E-state index contributed by atoms with van der Waals surface area (Å²) in [5, 5.41) is 9.40. The fourth-order valence-corrected chi connectivity index (χ4v) is 1.72. The van der Waals surface area contributed by atoms with Crippen molar-refractivity contribution < 1.29 is 14.6 Å². The van der Waals surface area contributed by atoms with Gasteiger partial charge in [-0.1, -0.05) is 6.08 Å². The van der Waals surface area contributed by atoms with Crippen LogP contribution in [0.3, 0.4) is 0 Å². The van der Waals surface area contributed by atoms with Crippen LogP contribution in [0.5, 0.6) is 0 Å². The molecule has 0 aliphatic heterocycles. The third-order valence-electron chi connectivity index (χ3n) is 2.86. The molecule has 1 N–H and O–H groups in total. The second-order valence-electron chi connectivity index (χ2n) is 5.59. The predicted octanol–water partition coefficient (Wildman–Crippen LogP) is 2.32. The van der Waals surface area contributed by atoms with Crippen molar-refractivity contribution in [2.24, 2.45) is 0 Å². The van der Waals surface area contributed by atoms with Gasteiger partial charge in [-0.3, -0.25) is 4.90 Å². The Hall–Kier alpha value is -1.03. The third kappa shape index (κ3) is 3.73. The monoisotopic (exact) mass is 241 g/mol. The minimum atomic E-state index is -0.505. The Morgan fingerprint density at radius 3 is 2.47 bits per heavy atom. The van der Waals surface area contributed by atoms with E-state index in [1.165, 1.54) is 0 Å². The first-order chi connectivity index (χ1) is 7.84. The van der Waals surface area contributed by atoms with Crippen LogP contribution in [-0.2, 0) is 4.74 Å². The van der Waals surface area contributed by atoms with E-state index in [-0.39, 0.29) is 18.2 Å². The SMILES string of the molecule is C=CCCN(C(=O)OC(C)(C)C)C1(CO)CC1. The van der Waals surface area contributed by atoms with Crippen molar-refractivity contribution >= 4 is 6.09 Å². The Balaban J connectivity index is 2.69. The van der Waals surface area contributed by atoms with Gasteiger partial charge in [0.05, 0.1) is 12.1 Å². The second-order valence-corrected chi connectivity index (χ2v) is 5.59. The van der Waals surface area contributed by atoms with Crippen molar-refractivity contribution in [2.45, 2.75) is 51.2 Å². The molecule has 1 saturated carbocycles. The standard InChI is InChI=1S/C13H23NO3/c1-5-6-9-14(13(10-15)7-8-13)11(16)17-12(2,3)4/h5,15H,1,6-10H2,2-4H3. The average molecular weight is 241 g/mol. The lowest BCUT2D eigenvalue weighted by Gasteiger charge is -2.32. The summed E-state index contributed by atoms with van der Waals surface area (Å²) in [6.45, 7) is 9.74. The number of aliphatic hydroxyl groups excluding tert-OH is 1. The highest BCUT2D eigenvalue weighted by atomic mass is 16.6. The Morgan fingerprint density at radius 2 is 2.12 bits per heavy atom. The van der Waals surface area contributed by atoms with E-state index in [1.807, 2.05) is 20.8 Å². The molecule has 0 heterocycles. The number of hydrogen-bond acceptors (Lipinski definition) is 3. The van der Waals surface area contributed by atoms with E-state index in [4.69, 9.17) is 4.74 Å². The molecule has 0 spiro atoms. The lowest BCUT2D eigenvalue weighted by Crippen LogP contribution is -2.47. The van der Waals surface area contributed by atoms with E-state index in [0.717, 1.165) is 12.8 Å². The summed E-state index contributed by atoms with van der Waals surface area (Å²) in [6, 6.07) is 0. The topological polar surface area (TPSA) is 49.8 Å². The molecule has 0 saturated heterocycles. The summed E-state index contributed by atoms with van der Waals surface area (Å²) in [5.41, 5.74) is -0.889. The fourth-order valence-electron chi connectivity index (χ4n) is 1.72. The van der Waals surface area contributed by atoms with Crippen LogP contribution < -0.4 is 0 Å². The number of aliphatic hydroxyl groups is 1. The second kappa shape index (κ2) is 5.08. The van der Waals surface area contributed by atoms with Gasteiger partial charge in [-0.2, -0.15) is 0 Å². The zero-order valence-electron chi connectivity index (χ0n) is 11.0. The van der Waals surface area contributed by atoms with Crippen LogP contribution in [0.25, 0.3) is 0 Å². The molecule has 0 aromatic heterocycles. The smallest absolute Gasteiger partial charge is 0.410 e. The normalized spacial score (nSPS) is 17.4. The summed E-state index contributed by atoms with van der Waals surface area (Å²) >= 11 is 0. The number of nitrogens with zero attached hydrogens (tertiary/aromatic N) is 1. The maximum atomic E-state index is 12.1. The van der Waals surface area contributed by atoms with Crippen molar-refractivity contribution in [2.75, 3.05) is 13.2 Å². The number of rotatable bonds is 5. The van der Waals surface area contributed by atoms with Crippen molar-refractivity contribution in [3.8, 4) is 0 Å². The van der Waals surface area contributed by atoms with Crippen molar-refractivity contribution in [3.63, 3.8) is 0 Å². The quantitative estimate of drug-likeness (QED) is 0.751. The van der Waals surface area contributed by atoms with Gasteiger partial charge in [0.15, 0.2) is 0 Å². The number of carbonyl (C=O) groups is 1. The molecular formula is C13H23NO3. The minimum absolute atomic E-state index is 0.00336. The lowest BCUT2D eigenvalue weighted by atomic mass is 10.2. The van der Waals surface area contributed by atoms with E-state index >= 15 is 0 Å². The van der Waals surface area contributed by atoms with Gasteiger partial charge in [-0.25, -0.2) is 4.79 Å². The van der Waals surface area contributed by atoms with E-state index in [0.29, 0.717) is 13.0 Å². The summed E-state index contributed by atoms with van der Waals surface area (Å²) in [7, 11) is 0. The molecule has 0 radical (unpaired) electrons. The van der Waals surface area contributed by atoms with Gasteiger partial charge in [0.1, 0.15) is 5.60 Å². The molecule has 1 amide bonds. The summed E-state index contributed by atoms with van der Waals surface area (Å²) in [4.78, 5) is 13.7. The maximum Gasteiger partial charge on any atom is 0.410 e. The highest BCUT2D eigenvalue weighted by Gasteiger charge is 2.50. The highest BCUT2D eigenvalue weighted by molar-refractivity contribution is 5.70. The third-order valence-corrected chi connectivity index (χ3v) is 2.86. The molecule has 0 unspecified atom stereocenters. The number of amides is 1. The van der Waals surface area contributed by atoms with Crippen LogP contribution >= 0.6 is 0 Å². The number of hydrogen-bond donors (Lipinski definition) is 1. The van der Waals surface area contributed by atoms with Crippen LogP contribution in [0.4, 0.5) is 4.79 Å². The van der Waals surface area contributed by atoms with E-state index in [9.17, 15) is 9.90 Å². The van der Waals surface area contributed by atoms with Gasteiger partial charge < -0.3 is 9.84 Å². The summed E-state index contributed by atoms with van der Waals surface area (Å²) < 4.78 is 5.37. The Morgan fingerprint density at radius 1 is 1.53 bits per heavy atom. The van der Waals surface area contributed by atoms with E-state index in [1.54, 1.807) is 11.0 Å². The predicted molar refractivity (Wildman–Crippen MR) is 66.8 cm³/mol. The molecule has 0 aromatic carbocycles. The molecule has 4 nitrogen and oxygen atoms in total. The number of ether oxygens (including phenoxy) is 1. The molecule has 1 aliphatic carbocycles. The van der Waals surface area contributed by atoms with Crippen molar-refractivity contribution in [3.05, 3.63) is 12.7 Å². The van der Waals surface area contributed by atoms with Gasteiger partial charge >= 0.3 is 6.09 Å². The van der Waals surface area contributed by atoms with Crippen LogP contribution in [0.2, 0.25) is 0 Å². The summed E-state index contributed by atoms with van der Waals surface area (Å²) in [6.07, 6.45) is 3.83. The fraction of sp³-hybridized carbons (Fsp3) is 0.769. The van der Waals surface area contributed by atoms with Gasteiger partial charge in [-0.15, -0.1) is 6.58 Å². The maximum absolute atomic E-state index is 12.1. The average Bonchev–Trinajstić information content (AvgIpc) is 2.97. The molecule has 98 valence electrons. The molecule has 1 rings (SSSR count). The van der Waals surface area contributed by atoms with Crippen LogP contribution in [0.1, 0.15) is 40.0 Å². The molecule has 1 aliphatic rings. The first-order valence-electron chi connectivity index (χ1n) is 6.07. The minimum Gasteiger partial charge on any atom is -0.444 e. The van der Waals surface area contributed by atoms with E-state index in [2.05, 4.69) is 6.58 Å². The largest absolute Gasteiger partial charge is 0.444 e. The van der Waals surface area contributed by atoms with Gasteiger partial charge in [0, 0.05) is 6.54 Å². The molecule has 4 heteroatoms. The highest BCUT2D eigenvalue weighted by Crippen LogP contribution is 2.42. The lowest BCUT2D eigenvalue weighted by molar-refractivity contribution is 0.00524. The van der Waals surface area contributed by atoms with Crippen molar-refractivity contribution in [1.82, 2.24) is 4.90 Å². The Kier molecular flexibility index (Phi) is 4.20. The first kappa shape index (κ1) is 14.0. The van der Waals surface area contributed by atoms with Crippen LogP contribution in [0, 0.1) is 0 Å². The van der Waals surface area contributed by atoms with Gasteiger partial charge in [0.25, 0.3) is 0 Å². The molecule has 0 atom stereocenters. The number of carbonyl (C=O) groups excluding carboxylic acids is 1. The summed E-state index contributed by atoms with van der Waals surface area (Å²) in [5.74, 6) is 0. The van der Waals surface area contributed by atoms with E-state index < -0.39 is 5.60 Å². The van der Waals surface area contributed by atoms with Gasteiger partial charge in [-0.05, 0) is 40.0 Å². The molecule has 1 fully saturated rings. The van der Waals surface area contributed by atoms with Crippen LogP contribution in [0.15, 0.2) is 12.7 Å². The first-order valence-corrected chi connectivity index (χ1v) is 6.07. The molecular weight excluding hydrogens is 218 g/mol. The van der Waals surface area contributed by atoms with Crippen LogP contribution in [-0.4, -0.2) is 40.4 Å². The zero-order valence-corrected chi connectivity index (χ0v) is 11.0.